The first kappa shape index (κ1) is 16.5. The topological polar surface area (TPSA) is 72.2 Å². The molecule has 1 aromatic carbocycles. The highest BCUT2D eigenvalue weighted by Gasteiger charge is 2.18. The Morgan fingerprint density at radius 1 is 1.38 bits per heavy atom. The van der Waals surface area contributed by atoms with Crippen LogP contribution in [-0.2, 0) is 23.0 Å². The molecule has 0 aliphatic rings. The molecule has 2 rings (SSSR count). The Bertz CT molecular complexity index is 700. The molecule has 4 nitrogen and oxygen atoms in total. The van der Waals surface area contributed by atoms with Crippen LogP contribution >= 0.6 is 22.9 Å². The predicted molar refractivity (Wildman–Crippen MR) is 87.1 cm³/mol. The van der Waals surface area contributed by atoms with E-state index in [-0.39, 0.29) is 17.5 Å². The quantitative estimate of drug-likeness (QED) is 0.846. The van der Waals surface area contributed by atoms with Crippen LogP contribution in [-0.4, -0.2) is 14.5 Å². The summed E-state index contributed by atoms with van der Waals surface area (Å²) in [4.78, 5) is 0.185. The second kappa shape index (κ2) is 6.89. The number of rotatable bonds is 6. The summed E-state index contributed by atoms with van der Waals surface area (Å²) in [5.74, 6) is 0. The lowest BCUT2D eigenvalue weighted by atomic mass is 10.1. The number of hydrogen-bond acceptors (Lipinski definition) is 4. The molecule has 0 bridgehead atoms. The van der Waals surface area contributed by atoms with Crippen LogP contribution in [0.4, 0.5) is 0 Å². The number of benzene rings is 1. The van der Waals surface area contributed by atoms with Crippen molar-refractivity contribution in [2.45, 2.75) is 30.8 Å². The average molecular weight is 345 g/mol. The summed E-state index contributed by atoms with van der Waals surface area (Å²) in [6, 6.07) is 6.36. The smallest absolute Gasteiger partial charge is 0.240 e. The fourth-order valence-electron chi connectivity index (χ4n) is 2.01. The van der Waals surface area contributed by atoms with Gasteiger partial charge in [-0.1, -0.05) is 11.6 Å². The standard InChI is InChI=1S/C14H17ClN2O2S2/c1-10(6-11-4-5-20-9-11)17-21(18,19)13-2-3-14(15)12(7-13)8-16/h2-5,7,9-10,17H,6,8,16H2,1H3. The highest BCUT2D eigenvalue weighted by atomic mass is 35.5. The lowest BCUT2D eigenvalue weighted by molar-refractivity contribution is 0.560. The molecule has 7 heteroatoms. The number of hydrogen-bond donors (Lipinski definition) is 2. The molecular weight excluding hydrogens is 328 g/mol. The van der Waals surface area contributed by atoms with Crippen LogP contribution in [0.3, 0.4) is 0 Å². The van der Waals surface area contributed by atoms with Crippen LogP contribution in [0.15, 0.2) is 39.9 Å². The second-order valence-electron chi connectivity index (χ2n) is 4.82. The molecule has 1 unspecified atom stereocenters. The van der Waals surface area contributed by atoms with Crippen molar-refractivity contribution >= 4 is 33.0 Å². The second-order valence-corrected chi connectivity index (χ2v) is 7.72. The van der Waals surface area contributed by atoms with Crippen molar-refractivity contribution < 1.29 is 8.42 Å². The molecule has 1 aromatic heterocycles. The number of nitrogens with one attached hydrogen (secondary N) is 1. The third kappa shape index (κ3) is 4.28. The summed E-state index contributed by atoms with van der Waals surface area (Å²) in [7, 11) is -3.57. The van der Waals surface area contributed by atoms with Crippen LogP contribution in [0.2, 0.25) is 5.02 Å². The zero-order valence-corrected chi connectivity index (χ0v) is 13.9. The van der Waals surface area contributed by atoms with E-state index < -0.39 is 10.0 Å². The molecular formula is C14H17ClN2O2S2. The van der Waals surface area contributed by atoms with E-state index in [1.165, 1.54) is 12.1 Å². The molecule has 114 valence electrons. The molecule has 0 saturated carbocycles. The van der Waals surface area contributed by atoms with Gasteiger partial charge < -0.3 is 5.73 Å². The van der Waals surface area contributed by atoms with E-state index in [2.05, 4.69) is 4.72 Å². The molecule has 0 radical (unpaired) electrons. The third-order valence-electron chi connectivity index (χ3n) is 3.03. The first-order valence-electron chi connectivity index (χ1n) is 6.44. The highest BCUT2D eigenvalue weighted by molar-refractivity contribution is 7.89. The minimum atomic E-state index is -3.57. The summed E-state index contributed by atoms with van der Waals surface area (Å²) >= 11 is 7.55. The zero-order chi connectivity index (χ0) is 15.5. The molecule has 21 heavy (non-hydrogen) atoms. The van der Waals surface area contributed by atoms with E-state index >= 15 is 0 Å². The van der Waals surface area contributed by atoms with Gasteiger partial charge in [0, 0.05) is 17.6 Å². The van der Waals surface area contributed by atoms with Gasteiger partial charge in [-0.15, -0.1) is 0 Å². The Balaban J connectivity index is 2.14. The highest BCUT2D eigenvalue weighted by Crippen LogP contribution is 2.20. The summed E-state index contributed by atoms with van der Waals surface area (Å²) in [6.45, 7) is 2.04. The maximum atomic E-state index is 12.4. The van der Waals surface area contributed by atoms with Gasteiger partial charge in [-0.2, -0.15) is 11.3 Å². The van der Waals surface area contributed by atoms with Gasteiger partial charge in [-0.05, 0) is 59.5 Å². The molecule has 0 saturated heterocycles. The van der Waals surface area contributed by atoms with Crippen LogP contribution < -0.4 is 10.5 Å². The number of sulfonamides is 1. The average Bonchev–Trinajstić information content (AvgIpc) is 2.91. The van der Waals surface area contributed by atoms with Gasteiger partial charge in [-0.3, -0.25) is 0 Å². The van der Waals surface area contributed by atoms with Crippen molar-refractivity contribution in [3.05, 3.63) is 51.2 Å². The molecule has 3 N–H and O–H groups in total. The first-order chi connectivity index (χ1) is 9.92. The van der Waals surface area contributed by atoms with Gasteiger partial charge in [0.2, 0.25) is 10.0 Å². The molecule has 0 fully saturated rings. The molecule has 1 atom stereocenters. The van der Waals surface area contributed by atoms with E-state index in [0.29, 0.717) is 17.0 Å². The number of halogens is 1. The van der Waals surface area contributed by atoms with Crippen molar-refractivity contribution in [2.75, 3.05) is 0 Å². The summed E-state index contributed by atoms with van der Waals surface area (Å²) < 4.78 is 27.4. The molecule has 0 amide bonds. The van der Waals surface area contributed by atoms with Crippen molar-refractivity contribution in [3.8, 4) is 0 Å². The van der Waals surface area contributed by atoms with Crippen molar-refractivity contribution in [2.24, 2.45) is 5.73 Å². The molecule has 2 aromatic rings. The lowest BCUT2D eigenvalue weighted by Crippen LogP contribution is -2.34. The Kier molecular flexibility index (Phi) is 5.40. The Labute approximate surface area is 134 Å². The first-order valence-corrected chi connectivity index (χ1v) is 9.24. The largest absolute Gasteiger partial charge is 0.326 e. The summed E-state index contributed by atoms with van der Waals surface area (Å²) in [6.07, 6.45) is 0.653. The molecule has 0 spiro atoms. The third-order valence-corrected chi connectivity index (χ3v) is 5.71. The van der Waals surface area contributed by atoms with E-state index in [1.54, 1.807) is 17.4 Å². The minimum absolute atomic E-state index is 0.185. The zero-order valence-electron chi connectivity index (χ0n) is 11.5. The number of thiophene rings is 1. The van der Waals surface area contributed by atoms with Gasteiger partial charge in [0.05, 0.1) is 4.90 Å². The minimum Gasteiger partial charge on any atom is -0.326 e. The van der Waals surface area contributed by atoms with Crippen LogP contribution in [0.25, 0.3) is 0 Å². The Morgan fingerprint density at radius 3 is 2.76 bits per heavy atom. The fourth-order valence-corrected chi connectivity index (χ4v) is 4.18. The maximum absolute atomic E-state index is 12.4. The predicted octanol–water partition coefficient (Wildman–Crippen LogP) is 2.77. The van der Waals surface area contributed by atoms with Crippen LogP contribution in [0, 0.1) is 0 Å². The van der Waals surface area contributed by atoms with Crippen molar-refractivity contribution in [3.63, 3.8) is 0 Å². The van der Waals surface area contributed by atoms with Gasteiger partial charge in [0.25, 0.3) is 0 Å². The van der Waals surface area contributed by atoms with Gasteiger partial charge in [-0.25, -0.2) is 13.1 Å². The Hall–Kier alpha value is -0.920. The lowest BCUT2D eigenvalue weighted by Gasteiger charge is -2.14. The Morgan fingerprint density at radius 2 is 2.14 bits per heavy atom. The summed E-state index contributed by atoms with van der Waals surface area (Å²) in [5.41, 5.74) is 7.29. The SMILES string of the molecule is CC(Cc1ccsc1)NS(=O)(=O)c1ccc(Cl)c(CN)c1. The summed E-state index contributed by atoms with van der Waals surface area (Å²) in [5, 5.41) is 4.46. The molecule has 1 heterocycles. The van der Waals surface area contributed by atoms with E-state index in [4.69, 9.17) is 17.3 Å². The van der Waals surface area contributed by atoms with Crippen LogP contribution in [0.1, 0.15) is 18.1 Å². The molecule has 0 aliphatic heterocycles. The van der Waals surface area contributed by atoms with Gasteiger partial charge in [0.15, 0.2) is 0 Å². The maximum Gasteiger partial charge on any atom is 0.240 e. The van der Waals surface area contributed by atoms with E-state index in [0.717, 1.165) is 5.56 Å². The van der Waals surface area contributed by atoms with E-state index in [1.807, 2.05) is 23.8 Å². The molecule has 0 aliphatic carbocycles. The van der Waals surface area contributed by atoms with Crippen LogP contribution in [0.5, 0.6) is 0 Å². The van der Waals surface area contributed by atoms with Gasteiger partial charge in [0.1, 0.15) is 0 Å². The van der Waals surface area contributed by atoms with E-state index in [9.17, 15) is 8.42 Å². The van der Waals surface area contributed by atoms with Gasteiger partial charge >= 0.3 is 0 Å². The fraction of sp³-hybridized carbons (Fsp3) is 0.286. The number of nitrogens with two attached hydrogens (primary N) is 1. The monoisotopic (exact) mass is 344 g/mol. The van der Waals surface area contributed by atoms with Crippen molar-refractivity contribution in [1.29, 1.82) is 0 Å². The van der Waals surface area contributed by atoms with Crippen molar-refractivity contribution in [1.82, 2.24) is 4.72 Å². The normalized spacial score (nSPS) is 13.3.